The summed E-state index contributed by atoms with van der Waals surface area (Å²) >= 11 is 1.36. The van der Waals surface area contributed by atoms with Gasteiger partial charge < -0.3 is 9.47 Å². The fourth-order valence-corrected chi connectivity index (χ4v) is 2.64. The number of hydrogen-bond acceptors (Lipinski definition) is 5. The lowest BCUT2D eigenvalue weighted by atomic mass is 10.2. The van der Waals surface area contributed by atoms with Crippen molar-refractivity contribution >= 4 is 17.3 Å². The Labute approximate surface area is 116 Å². The van der Waals surface area contributed by atoms with Gasteiger partial charge in [0, 0.05) is 6.61 Å². The summed E-state index contributed by atoms with van der Waals surface area (Å²) < 4.78 is 10.7. The number of esters is 1. The third-order valence-corrected chi connectivity index (χ3v) is 3.75. The van der Waals surface area contributed by atoms with Crippen LogP contribution in [0.15, 0.2) is 30.5 Å². The zero-order chi connectivity index (χ0) is 13.5. The molecule has 0 unspecified atom stereocenters. The maximum Gasteiger partial charge on any atom is 0.350 e. The third kappa shape index (κ3) is 4.01. The van der Waals surface area contributed by atoms with Gasteiger partial charge in [-0.15, -0.1) is 11.3 Å². The van der Waals surface area contributed by atoms with E-state index in [-0.39, 0.29) is 18.7 Å². The van der Waals surface area contributed by atoms with Crippen LogP contribution >= 0.6 is 11.3 Å². The number of aromatic nitrogens is 1. The van der Waals surface area contributed by atoms with Crippen LogP contribution in [-0.4, -0.2) is 24.2 Å². The topological polar surface area (TPSA) is 48.4 Å². The molecule has 2 rings (SSSR count). The highest BCUT2D eigenvalue weighted by Crippen LogP contribution is 2.31. The Hall–Kier alpha value is -1.46. The Bertz CT molecular complexity index is 473. The van der Waals surface area contributed by atoms with Crippen LogP contribution in [0, 0.1) is 0 Å². The Morgan fingerprint density at radius 1 is 1.63 bits per heavy atom. The second-order valence-electron chi connectivity index (χ2n) is 4.12. The smallest absolute Gasteiger partial charge is 0.350 e. The van der Waals surface area contributed by atoms with Gasteiger partial charge in [-0.25, -0.2) is 9.78 Å². The van der Waals surface area contributed by atoms with Gasteiger partial charge in [0.05, 0.1) is 6.20 Å². The van der Waals surface area contributed by atoms with E-state index in [0.29, 0.717) is 4.88 Å². The minimum atomic E-state index is -0.327. The van der Waals surface area contributed by atoms with Crippen molar-refractivity contribution in [3.63, 3.8) is 0 Å². The van der Waals surface area contributed by atoms with E-state index in [9.17, 15) is 4.79 Å². The van der Waals surface area contributed by atoms with Gasteiger partial charge in [0.15, 0.2) is 0 Å². The van der Waals surface area contributed by atoms with Crippen molar-refractivity contribution < 1.29 is 14.3 Å². The molecule has 0 spiro atoms. The van der Waals surface area contributed by atoms with Crippen molar-refractivity contribution in [2.75, 3.05) is 13.2 Å². The minimum absolute atomic E-state index is 0.0566. The summed E-state index contributed by atoms with van der Waals surface area (Å²) in [5, 5.41) is 0.869. The molecule has 1 aliphatic rings. The Balaban J connectivity index is 1.85. The van der Waals surface area contributed by atoms with Crippen LogP contribution in [0.4, 0.5) is 0 Å². The van der Waals surface area contributed by atoms with Crippen molar-refractivity contribution in [3.8, 4) is 0 Å². The average Bonchev–Trinajstić information content (AvgIpc) is 3.08. The first kappa shape index (κ1) is 14.0. The Morgan fingerprint density at radius 3 is 3.26 bits per heavy atom. The molecule has 0 bridgehead atoms. The molecular weight excluding hydrogens is 262 g/mol. The maximum atomic E-state index is 11.8. The summed E-state index contributed by atoms with van der Waals surface area (Å²) in [4.78, 5) is 16.5. The summed E-state index contributed by atoms with van der Waals surface area (Å²) in [7, 11) is 0. The number of ether oxygens (including phenoxy) is 2. The van der Waals surface area contributed by atoms with Gasteiger partial charge in [-0.2, -0.15) is 0 Å². The summed E-state index contributed by atoms with van der Waals surface area (Å²) in [5.74, 6) is -0.327. The zero-order valence-electron chi connectivity index (χ0n) is 10.9. The lowest BCUT2D eigenvalue weighted by Gasteiger charge is -2.03. The molecule has 102 valence electrons. The van der Waals surface area contributed by atoms with E-state index in [1.165, 1.54) is 11.3 Å². The van der Waals surface area contributed by atoms with Crippen molar-refractivity contribution in [2.45, 2.75) is 25.9 Å². The number of nitrogens with zero attached hydrogens (tertiary/aromatic N) is 1. The standard InChI is InChI=1S/C14H17NO3S/c1-2-3-4-5-8-18-14(16)12-10-15-13(19-12)11-7-6-9-17-11/h2-5,10-11H,6-9H2,1H3/b3-2+,5-4+/t11-/m1/s1. The second-order valence-corrected chi connectivity index (χ2v) is 5.18. The molecule has 0 aromatic carbocycles. The number of allylic oxidation sites excluding steroid dienone is 3. The van der Waals surface area contributed by atoms with Gasteiger partial charge >= 0.3 is 5.97 Å². The monoisotopic (exact) mass is 279 g/mol. The van der Waals surface area contributed by atoms with Crippen LogP contribution in [0.3, 0.4) is 0 Å². The van der Waals surface area contributed by atoms with Gasteiger partial charge in [0.25, 0.3) is 0 Å². The summed E-state index contributed by atoms with van der Waals surface area (Å²) in [6.07, 6.45) is 11.1. The number of rotatable bonds is 5. The molecule has 19 heavy (non-hydrogen) atoms. The molecule has 1 atom stereocenters. The van der Waals surface area contributed by atoms with E-state index < -0.39 is 0 Å². The summed E-state index contributed by atoms with van der Waals surface area (Å²) in [6.45, 7) is 2.98. The van der Waals surface area contributed by atoms with Crippen molar-refractivity contribution in [1.82, 2.24) is 4.98 Å². The van der Waals surface area contributed by atoms with Crippen LogP contribution in [0.5, 0.6) is 0 Å². The van der Waals surface area contributed by atoms with E-state index >= 15 is 0 Å². The average molecular weight is 279 g/mol. The normalized spacial score (nSPS) is 19.5. The van der Waals surface area contributed by atoms with E-state index in [1.54, 1.807) is 12.3 Å². The molecule has 0 aliphatic carbocycles. The number of carbonyl (C=O) groups is 1. The first-order chi connectivity index (χ1) is 9.31. The molecule has 1 saturated heterocycles. The molecule has 4 nitrogen and oxygen atoms in total. The zero-order valence-corrected chi connectivity index (χ0v) is 11.7. The largest absolute Gasteiger partial charge is 0.457 e. The fourth-order valence-electron chi connectivity index (χ4n) is 1.74. The number of hydrogen-bond donors (Lipinski definition) is 0. The molecule has 1 fully saturated rings. The van der Waals surface area contributed by atoms with Gasteiger partial charge in [0.1, 0.15) is 22.6 Å². The molecule has 1 aliphatic heterocycles. The first-order valence-corrected chi connectivity index (χ1v) is 7.15. The lowest BCUT2D eigenvalue weighted by molar-refractivity contribution is 0.0555. The summed E-state index contributed by atoms with van der Waals surface area (Å²) in [5.41, 5.74) is 0. The van der Waals surface area contributed by atoms with E-state index in [0.717, 1.165) is 24.5 Å². The quantitative estimate of drug-likeness (QED) is 0.613. The van der Waals surface area contributed by atoms with Crippen molar-refractivity contribution in [1.29, 1.82) is 0 Å². The molecule has 5 heteroatoms. The molecule has 1 aromatic heterocycles. The predicted octanol–water partition coefficient (Wildman–Crippen LogP) is 3.28. The molecule has 2 heterocycles. The first-order valence-electron chi connectivity index (χ1n) is 6.33. The Morgan fingerprint density at radius 2 is 2.53 bits per heavy atom. The van der Waals surface area contributed by atoms with E-state index in [4.69, 9.17) is 9.47 Å². The highest BCUT2D eigenvalue weighted by molar-refractivity contribution is 7.13. The molecule has 0 saturated carbocycles. The fraction of sp³-hybridized carbons (Fsp3) is 0.429. The van der Waals surface area contributed by atoms with Crippen LogP contribution in [0.1, 0.15) is 40.5 Å². The van der Waals surface area contributed by atoms with Crippen molar-refractivity contribution in [2.24, 2.45) is 0 Å². The van der Waals surface area contributed by atoms with Crippen LogP contribution in [0.25, 0.3) is 0 Å². The minimum Gasteiger partial charge on any atom is -0.457 e. The lowest BCUT2D eigenvalue weighted by Crippen LogP contribution is -2.02. The van der Waals surface area contributed by atoms with Crippen molar-refractivity contribution in [3.05, 3.63) is 40.4 Å². The van der Waals surface area contributed by atoms with Gasteiger partial charge in [-0.05, 0) is 25.8 Å². The van der Waals surface area contributed by atoms with Crippen LogP contribution < -0.4 is 0 Å². The number of thiazole rings is 1. The van der Waals surface area contributed by atoms with Gasteiger partial charge in [-0.3, -0.25) is 0 Å². The third-order valence-electron chi connectivity index (χ3n) is 2.68. The molecule has 0 N–H and O–H groups in total. The van der Waals surface area contributed by atoms with E-state index in [1.807, 2.05) is 25.2 Å². The molecule has 0 amide bonds. The molecule has 0 radical (unpaired) electrons. The Kier molecular flexibility index (Phi) is 5.30. The van der Waals surface area contributed by atoms with Gasteiger partial charge in [-0.1, -0.05) is 18.2 Å². The van der Waals surface area contributed by atoms with Gasteiger partial charge in [0.2, 0.25) is 0 Å². The molecule has 1 aromatic rings. The maximum absolute atomic E-state index is 11.8. The molecular formula is C14H17NO3S. The van der Waals surface area contributed by atoms with E-state index in [2.05, 4.69) is 4.98 Å². The van der Waals surface area contributed by atoms with Crippen LogP contribution in [0.2, 0.25) is 0 Å². The highest BCUT2D eigenvalue weighted by Gasteiger charge is 2.22. The predicted molar refractivity (Wildman–Crippen MR) is 74.3 cm³/mol. The summed E-state index contributed by atoms with van der Waals surface area (Å²) in [6, 6.07) is 0. The van der Waals surface area contributed by atoms with Crippen LogP contribution in [-0.2, 0) is 9.47 Å². The SMILES string of the molecule is C/C=C/C=C/COC(=O)c1cnc([C@H]2CCCO2)s1. The second kappa shape index (κ2) is 7.21. The number of carbonyl (C=O) groups excluding carboxylic acids is 1. The highest BCUT2D eigenvalue weighted by atomic mass is 32.1.